The van der Waals surface area contributed by atoms with Crippen molar-refractivity contribution in [1.82, 2.24) is 19.8 Å². The Morgan fingerprint density at radius 3 is 2.41 bits per heavy atom. The average Bonchev–Trinajstić information content (AvgIpc) is 2.96. The quantitative estimate of drug-likeness (QED) is 0.862. The second kappa shape index (κ2) is 6.47. The largest absolute Gasteiger partial charge is 0.444 e. The zero-order valence-corrected chi connectivity index (χ0v) is 18.0. The number of likely N-dealkylation sites (tertiary alicyclic amines) is 1. The van der Waals surface area contributed by atoms with Gasteiger partial charge < -0.3 is 15.0 Å². The second-order valence-corrected chi connectivity index (χ2v) is 9.88. The molecule has 1 aliphatic carbocycles. The van der Waals surface area contributed by atoms with Crippen LogP contribution in [0.1, 0.15) is 45.9 Å². The van der Waals surface area contributed by atoms with Crippen LogP contribution in [0.2, 0.25) is 0 Å². The minimum absolute atomic E-state index is 0.0310. The molecular formula is C22H30N4O3. The highest BCUT2D eigenvalue weighted by atomic mass is 16.6. The van der Waals surface area contributed by atoms with Crippen LogP contribution in [0.15, 0.2) is 24.4 Å². The lowest BCUT2D eigenvalue weighted by Gasteiger charge is -2.28. The Balaban J connectivity index is 1.40. The highest BCUT2D eigenvalue weighted by Crippen LogP contribution is 2.52. The van der Waals surface area contributed by atoms with Crippen molar-refractivity contribution in [3.8, 4) is 0 Å². The maximum absolute atomic E-state index is 13.0. The van der Waals surface area contributed by atoms with Crippen LogP contribution in [0, 0.1) is 24.7 Å². The number of ether oxygens (including phenoxy) is 1. The molecule has 2 aromatic rings. The fourth-order valence-electron chi connectivity index (χ4n) is 4.48. The average molecular weight is 399 g/mol. The standard InChI is InChI=1S/C22H30N4O3/c1-13-8-7-9-17-16(10-23-26(13)17)22(5,6)24-19(27)18-14-11-25(12-15(14)18)20(28)29-21(2,3)4/h7-10,14-15,18H,11-12H2,1-6H3,(H,24,27)/t14-,15+,18?. The minimum atomic E-state index is -0.533. The number of rotatable bonds is 3. The van der Waals surface area contributed by atoms with Crippen molar-refractivity contribution in [2.75, 3.05) is 13.1 Å². The fraction of sp³-hybridized carbons (Fsp3) is 0.591. The first kappa shape index (κ1) is 19.7. The Hall–Kier alpha value is -2.57. The van der Waals surface area contributed by atoms with E-state index in [4.69, 9.17) is 4.74 Å². The summed E-state index contributed by atoms with van der Waals surface area (Å²) in [4.78, 5) is 26.9. The van der Waals surface area contributed by atoms with Crippen molar-refractivity contribution >= 4 is 17.5 Å². The number of pyridine rings is 1. The molecule has 1 saturated heterocycles. The third-order valence-corrected chi connectivity index (χ3v) is 5.99. The van der Waals surface area contributed by atoms with E-state index in [-0.39, 0.29) is 29.8 Å². The molecule has 1 unspecified atom stereocenters. The zero-order valence-electron chi connectivity index (χ0n) is 18.0. The van der Waals surface area contributed by atoms with Crippen LogP contribution in [0.3, 0.4) is 0 Å². The van der Waals surface area contributed by atoms with Crippen LogP contribution in [0.25, 0.3) is 5.52 Å². The number of carbonyl (C=O) groups excluding carboxylic acids is 2. The van der Waals surface area contributed by atoms with Crippen molar-refractivity contribution in [1.29, 1.82) is 0 Å². The van der Waals surface area contributed by atoms with E-state index in [0.29, 0.717) is 13.1 Å². The number of aromatic nitrogens is 2. The van der Waals surface area contributed by atoms with Gasteiger partial charge in [0.2, 0.25) is 5.91 Å². The molecule has 2 aromatic heterocycles. The lowest BCUT2D eigenvalue weighted by Crippen LogP contribution is -2.44. The van der Waals surface area contributed by atoms with Gasteiger partial charge in [-0.1, -0.05) is 6.07 Å². The van der Waals surface area contributed by atoms with Gasteiger partial charge in [-0.25, -0.2) is 9.31 Å². The monoisotopic (exact) mass is 398 g/mol. The maximum Gasteiger partial charge on any atom is 0.410 e. The Morgan fingerprint density at radius 2 is 1.79 bits per heavy atom. The third kappa shape index (κ3) is 3.58. The number of amides is 2. The Kier molecular flexibility index (Phi) is 4.40. The van der Waals surface area contributed by atoms with Gasteiger partial charge in [-0.05, 0) is 65.5 Å². The number of nitrogens with one attached hydrogen (secondary N) is 1. The first-order valence-electron chi connectivity index (χ1n) is 10.2. The van der Waals surface area contributed by atoms with Gasteiger partial charge in [-0.2, -0.15) is 5.10 Å². The lowest BCUT2D eigenvalue weighted by atomic mass is 9.95. The molecule has 7 nitrogen and oxygen atoms in total. The number of piperidine rings is 1. The van der Waals surface area contributed by atoms with Gasteiger partial charge in [-0.3, -0.25) is 4.79 Å². The van der Waals surface area contributed by atoms with Gasteiger partial charge in [0.25, 0.3) is 0 Å². The molecule has 3 heterocycles. The molecule has 0 aromatic carbocycles. The number of hydrogen-bond donors (Lipinski definition) is 1. The maximum atomic E-state index is 13.0. The molecule has 7 heteroatoms. The van der Waals surface area contributed by atoms with E-state index < -0.39 is 11.1 Å². The zero-order chi connectivity index (χ0) is 21.1. The molecule has 1 saturated carbocycles. The molecule has 1 aliphatic heterocycles. The molecule has 2 aliphatic rings. The molecule has 0 spiro atoms. The van der Waals surface area contributed by atoms with Gasteiger partial charge in [0.05, 0.1) is 17.3 Å². The van der Waals surface area contributed by atoms with Gasteiger partial charge >= 0.3 is 6.09 Å². The lowest BCUT2D eigenvalue weighted by molar-refractivity contribution is -0.125. The third-order valence-electron chi connectivity index (χ3n) is 5.99. The van der Waals surface area contributed by atoms with Crippen LogP contribution in [0.4, 0.5) is 4.79 Å². The van der Waals surface area contributed by atoms with Crippen molar-refractivity contribution < 1.29 is 14.3 Å². The molecule has 2 fully saturated rings. The highest BCUT2D eigenvalue weighted by molar-refractivity contribution is 5.84. The van der Waals surface area contributed by atoms with E-state index >= 15 is 0 Å². The van der Waals surface area contributed by atoms with Crippen molar-refractivity contribution in [3.05, 3.63) is 35.7 Å². The molecule has 4 rings (SSSR count). The Bertz CT molecular complexity index is 960. The van der Waals surface area contributed by atoms with E-state index in [0.717, 1.165) is 16.8 Å². The summed E-state index contributed by atoms with van der Waals surface area (Å²) in [6, 6.07) is 6.04. The number of hydrogen-bond acceptors (Lipinski definition) is 4. The summed E-state index contributed by atoms with van der Waals surface area (Å²) in [6.07, 6.45) is 1.55. The van der Waals surface area contributed by atoms with E-state index in [1.807, 2.05) is 70.5 Å². The number of fused-ring (bicyclic) bond motifs is 2. The fourth-order valence-corrected chi connectivity index (χ4v) is 4.48. The summed E-state index contributed by atoms with van der Waals surface area (Å²) >= 11 is 0. The Labute approximate surface area is 171 Å². The number of nitrogens with zero attached hydrogens (tertiary/aromatic N) is 3. The highest BCUT2D eigenvalue weighted by Gasteiger charge is 2.61. The molecule has 1 N–H and O–H groups in total. The van der Waals surface area contributed by atoms with Crippen molar-refractivity contribution in [2.24, 2.45) is 17.8 Å². The second-order valence-electron chi connectivity index (χ2n) is 9.88. The molecular weight excluding hydrogens is 368 g/mol. The molecule has 156 valence electrons. The Morgan fingerprint density at radius 1 is 1.14 bits per heavy atom. The summed E-state index contributed by atoms with van der Waals surface area (Å²) in [5.74, 6) is 0.478. The van der Waals surface area contributed by atoms with E-state index in [1.54, 1.807) is 4.90 Å². The molecule has 0 bridgehead atoms. The minimum Gasteiger partial charge on any atom is -0.444 e. The van der Waals surface area contributed by atoms with Crippen LogP contribution < -0.4 is 5.32 Å². The van der Waals surface area contributed by atoms with Crippen LogP contribution in [-0.4, -0.2) is 45.2 Å². The predicted molar refractivity (Wildman–Crippen MR) is 109 cm³/mol. The predicted octanol–water partition coefficient (Wildman–Crippen LogP) is 3.11. The van der Waals surface area contributed by atoms with E-state index in [9.17, 15) is 9.59 Å². The van der Waals surface area contributed by atoms with Crippen molar-refractivity contribution in [2.45, 2.75) is 52.7 Å². The smallest absolute Gasteiger partial charge is 0.410 e. The molecule has 3 atom stereocenters. The molecule has 2 amide bonds. The van der Waals surface area contributed by atoms with Crippen LogP contribution in [0.5, 0.6) is 0 Å². The van der Waals surface area contributed by atoms with Crippen molar-refractivity contribution in [3.63, 3.8) is 0 Å². The first-order valence-corrected chi connectivity index (χ1v) is 10.2. The van der Waals surface area contributed by atoms with Crippen LogP contribution >= 0.6 is 0 Å². The summed E-state index contributed by atoms with van der Waals surface area (Å²) in [5.41, 5.74) is 2.01. The van der Waals surface area contributed by atoms with Gasteiger partial charge in [0.1, 0.15) is 5.60 Å². The molecule has 29 heavy (non-hydrogen) atoms. The van der Waals surface area contributed by atoms with Crippen LogP contribution in [-0.2, 0) is 15.1 Å². The van der Waals surface area contributed by atoms with E-state index in [2.05, 4.69) is 10.4 Å². The number of aryl methyl sites for hydroxylation is 1. The summed E-state index contributed by atoms with van der Waals surface area (Å²) in [5, 5.41) is 7.69. The first-order chi connectivity index (χ1) is 13.5. The summed E-state index contributed by atoms with van der Waals surface area (Å²) < 4.78 is 7.34. The SMILES string of the molecule is Cc1cccc2c(C(C)(C)NC(=O)C3[C@H]4CN(C(=O)OC(C)(C)C)C[C@@H]34)cnn12. The molecule has 0 radical (unpaired) electrons. The van der Waals surface area contributed by atoms with Gasteiger partial charge in [0.15, 0.2) is 0 Å². The normalized spacial score (nSPS) is 23.8. The van der Waals surface area contributed by atoms with Gasteiger partial charge in [-0.15, -0.1) is 0 Å². The summed E-state index contributed by atoms with van der Waals surface area (Å²) in [6.45, 7) is 12.8. The number of carbonyl (C=O) groups is 2. The van der Waals surface area contributed by atoms with E-state index in [1.165, 1.54) is 0 Å². The van der Waals surface area contributed by atoms with Gasteiger partial charge in [0, 0.05) is 30.3 Å². The topological polar surface area (TPSA) is 75.9 Å². The summed E-state index contributed by atoms with van der Waals surface area (Å²) in [7, 11) is 0.